The molecule has 0 spiro atoms. The summed E-state index contributed by atoms with van der Waals surface area (Å²) in [6.07, 6.45) is 0.0930. The number of pyridine rings is 1. The van der Waals surface area contributed by atoms with Crippen molar-refractivity contribution < 1.29 is 23.8 Å². The van der Waals surface area contributed by atoms with Crippen molar-refractivity contribution >= 4 is 5.91 Å². The smallest absolute Gasteiger partial charge is 0.255 e. The first-order chi connectivity index (χ1) is 14.5. The number of likely N-dealkylation sites (tertiary alicyclic amines) is 1. The van der Waals surface area contributed by atoms with E-state index in [2.05, 4.69) is 4.98 Å². The molecular weight excluding hydrogens is 387 g/mol. The van der Waals surface area contributed by atoms with E-state index in [9.17, 15) is 14.3 Å². The lowest BCUT2D eigenvalue weighted by molar-refractivity contribution is -0.172. The van der Waals surface area contributed by atoms with Crippen LogP contribution in [0.5, 0.6) is 11.5 Å². The maximum atomic E-state index is 14.5. The Kier molecular flexibility index (Phi) is 5.37. The Balaban J connectivity index is 1.81. The molecule has 1 aliphatic heterocycles. The van der Waals surface area contributed by atoms with Crippen LogP contribution >= 0.6 is 0 Å². The van der Waals surface area contributed by atoms with Gasteiger partial charge in [-0.1, -0.05) is 24.3 Å². The zero-order valence-corrected chi connectivity index (χ0v) is 16.5. The number of halogens is 1. The molecule has 30 heavy (non-hydrogen) atoms. The van der Waals surface area contributed by atoms with E-state index in [4.69, 9.17) is 9.47 Å². The normalized spacial score (nSPS) is 18.3. The molecule has 0 aliphatic carbocycles. The quantitative estimate of drug-likeness (QED) is 0.634. The second kappa shape index (κ2) is 8.12. The number of rotatable bonds is 6. The first kappa shape index (κ1) is 19.8. The summed E-state index contributed by atoms with van der Waals surface area (Å²) < 4.78 is 24.9. The highest BCUT2D eigenvalue weighted by molar-refractivity contribution is 5.89. The summed E-state index contributed by atoms with van der Waals surface area (Å²) in [6.45, 7) is 0. The van der Waals surface area contributed by atoms with Crippen molar-refractivity contribution in [2.45, 2.75) is 18.2 Å². The number of aliphatic hydroxyl groups excluding tert-OH is 1. The van der Waals surface area contributed by atoms with Crippen LogP contribution in [0, 0.1) is 5.82 Å². The minimum Gasteiger partial charge on any atom is -0.497 e. The number of benzene rings is 2. The average Bonchev–Trinajstić information content (AvgIpc) is 2.80. The van der Waals surface area contributed by atoms with Gasteiger partial charge in [0.2, 0.25) is 0 Å². The monoisotopic (exact) mass is 408 g/mol. The fourth-order valence-electron chi connectivity index (χ4n) is 3.77. The number of β-lactam (4-membered cyclic amide) rings is 1. The summed E-state index contributed by atoms with van der Waals surface area (Å²) in [6, 6.07) is 15.9. The third kappa shape index (κ3) is 3.37. The molecule has 1 fully saturated rings. The van der Waals surface area contributed by atoms with E-state index < -0.39 is 29.9 Å². The summed E-state index contributed by atoms with van der Waals surface area (Å²) in [5, 5.41) is 10.4. The lowest BCUT2D eigenvalue weighted by atomic mass is 9.86. The molecule has 1 saturated heterocycles. The van der Waals surface area contributed by atoms with Crippen LogP contribution in [0.15, 0.2) is 66.9 Å². The molecule has 3 aromatic rings. The zero-order valence-electron chi connectivity index (χ0n) is 16.5. The van der Waals surface area contributed by atoms with Crippen LogP contribution < -0.4 is 9.47 Å². The Morgan fingerprint density at radius 1 is 0.967 bits per heavy atom. The van der Waals surface area contributed by atoms with Crippen LogP contribution in [0.2, 0.25) is 0 Å². The van der Waals surface area contributed by atoms with E-state index in [1.807, 2.05) is 24.3 Å². The number of amides is 1. The van der Waals surface area contributed by atoms with Crippen LogP contribution in [0.25, 0.3) is 0 Å². The van der Waals surface area contributed by atoms with Crippen molar-refractivity contribution in [1.82, 2.24) is 9.88 Å². The molecule has 0 radical (unpaired) electrons. The van der Waals surface area contributed by atoms with Crippen LogP contribution in [0.3, 0.4) is 0 Å². The highest BCUT2D eigenvalue weighted by Crippen LogP contribution is 2.44. The fourth-order valence-corrected chi connectivity index (χ4v) is 3.77. The Bertz CT molecular complexity index is 992. The number of aliphatic hydroxyl groups is 1. The molecule has 154 valence electrons. The van der Waals surface area contributed by atoms with Crippen molar-refractivity contribution in [3.8, 4) is 11.5 Å². The summed E-state index contributed by atoms with van der Waals surface area (Å²) in [5.74, 6) is 0.299. The SMILES string of the molecule is COc1ccc(C(c2ccc(OC)cc2)N2C(=O)[C@H](O)[C@@H]2c2ncccc2F)cc1. The molecule has 6 nitrogen and oxygen atoms in total. The number of carbonyl (C=O) groups excluding carboxylic acids is 1. The van der Waals surface area contributed by atoms with Crippen LogP contribution in [0.4, 0.5) is 4.39 Å². The standard InChI is InChI=1S/C23H21FN2O4/c1-29-16-9-5-14(6-10-16)20(15-7-11-17(30-2)12-8-15)26-21(22(27)23(26)28)19-18(24)4-3-13-25-19/h3-13,20-22,27H,1-2H3/t21-,22+/m0/s1. The number of hydrogen-bond acceptors (Lipinski definition) is 5. The number of hydrogen-bond donors (Lipinski definition) is 1. The predicted octanol–water partition coefficient (Wildman–Crippen LogP) is 3.27. The van der Waals surface area contributed by atoms with Crippen LogP contribution in [-0.4, -0.2) is 41.2 Å². The van der Waals surface area contributed by atoms with E-state index in [0.717, 1.165) is 11.1 Å². The van der Waals surface area contributed by atoms with E-state index >= 15 is 0 Å². The minimum atomic E-state index is -1.35. The van der Waals surface area contributed by atoms with Gasteiger partial charge in [0.25, 0.3) is 5.91 Å². The summed E-state index contributed by atoms with van der Waals surface area (Å²) >= 11 is 0. The van der Waals surface area contributed by atoms with Crippen LogP contribution in [-0.2, 0) is 4.79 Å². The lowest BCUT2D eigenvalue weighted by Gasteiger charge is -2.48. The average molecular weight is 408 g/mol. The largest absolute Gasteiger partial charge is 0.497 e. The molecule has 0 saturated carbocycles. The number of methoxy groups -OCH3 is 2. The highest BCUT2D eigenvalue weighted by Gasteiger charge is 2.52. The van der Waals surface area contributed by atoms with Gasteiger partial charge in [-0.05, 0) is 47.5 Å². The van der Waals surface area contributed by atoms with E-state index in [1.54, 1.807) is 38.5 Å². The highest BCUT2D eigenvalue weighted by atomic mass is 19.1. The van der Waals surface area contributed by atoms with E-state index in [0.29, 0.717) is 11.5 Å². The van der Waals surface area contributed by atoms with Gasteiger partial charge in [-0.3, -0.25) is 9.78 Å². The third-order valence-electron chi connectivity index (χ3n) is 5.31. The number of aromatic nitrogens is 1. The Morgan fingerprint density at radius 3 is 1.97 bits per heavy atom. The van der Waals surface area contributed by atoms with Gasteiger partial charge in [0.15, 0.2) is 6.10 Å². The van der Waals surface area contributed by atoms with E-state index in [-0.39, 0.29) is 5.69 Å². The van der Waals surface area contributed by atoms with Gasteiger partial charge in [0.05, 0.1) is 20.3 Å². The molecule has 2 heterocycles. The van der Waals surface area contributed by atoms with Gasteiger partial charge in [-0.15, -0.1) is 0 Å². The molecule has 0 unspecified atom stereocenters. The predicted molar refractivity (Wildman–Crippen MR) is 108 cm³/mol. The number of carbonyl (C=O) groups is 1. The second-order valence-corrected chi connectivity index (χ2v) is 6.95. The summed E-state index contributed by atoms with van der Waals surface area (Å²) in [5.41, 5.74) is 1.63. The molecule has 1 aliphatic rings. The molecule has 0 bridgehead atoms. The maximum Gasteiger partial charge on any atom is 0.255 e. The Hall–Kier alpha value is -3.45. The first-order valence-electron chi connectivity index (χ1n) is 9.43. The number of ether oxygens (including phenoxy) is 2. The molecule has 7 heteroatoms. The molecule has 4 rings (SSSR count). The molecule has 2 atom stereocenters. The van der Waals surface area contributed by atoms with Gasteiger partial charge in [-0.25, -0.2) is 4.39 Å². The first-order valence-corrected chi connectivity index (χ1v) is 9.43. The molecule has 1 aromatic heterocycles. The van der Waals surface area contributed by atoms with Gasteiger partial charge in [0, 0.05) is 6.20 Å². The molecule has 1 amide bonds. The van der Waals surface area contributed by atoms with E-state index in [1.165, 1.54) is 23.2 Å². The minimum absolute atomic E-state index is 0.0385. The third-order valence-corrected chi connectivity index (χ3v) is 5.31. The number of nitrogens with zero attached hydrogens (tertiary/aromatic N) is 2. The van der Waals surface area contributed by atoms with Gasteiger partial charge < -0.3 is 19.5 Å². The van der Waals surface area contributed by atoms with Crippen molar-refractivity contribution in [3.63, 3.8) is 0 Å². The fraction of sp³-hybridized carbons (Fsp3) is 0.217. The molecular formula is C23H21FN2O4. The zero-order chi connectivity index (χ0) is 21.3. The maximum absolute atomic E-state index is 14.5. The van der Waals surface area contributed by atoms with Gasteiger partial charge in [0.1, 0.15) is 29.1 Å². The molecule has 2 aromatic carbocycles. The van der Waals surface area contributed by atoms with Crippen molar-refractivity contribution in [2.24, 2.45) is 0 Å². The van der Waals surface area contributed by atoms with Crippen molar-refractivity contribution in [2.75, 3.05) is 14.2 Å². The topological polar surface area (TPSA) is 71.9 Å². The Labute approximate surface area is 173 Å². The van der Waals surface area contributed by atoms with Crippen molar-refractivity contribution in [1.29, 1.82) is 0 Å². The van der Waals surface area contributed by atoms with Crippen molar-refractivity contribution in [3.05, 3.63) is 89.5 Å². The Morgan fingerprint density at radius 2 is 1.50 bits per heavy atom. The summed E-state index contributed by atoms with van der Waals surface area (Å²) in [4.78, 5) is 18.3. The van der Waals surface area contributed by atoms with Gasteiger partial charge in [-0.2, -0.15) is 0 Å². The van der Waals surface area contributed by atoms with Crippen LogP contribution in [0.1, 0.15) is 28.9 Å². The molecule has 1 N–H and O–H groups in total. The second-order valence-electron chi connectivity index (χ2n) is 6.95. The van der Waals surface area contributed by atoms with Gasteiger partial charge >= 0.3 is 0 Å². The lowest BCUT2D eigenvalue weighted by Crippen LogP contribution is -2.60. The summed E-state index contributed by atoms with van der Waals surface area (Å²) in [7, 11) is 3.15.